The lowest BCUT2D eigenvalue weighted by Gasteiger charge is -2.37. The van der Waals surface area contributed by atoms with E-state index in [-0.39, 0.29) is 5.91 Å². The number of H-pyrrole nitrogens is 1. The van der Waals surface area contributed by atoms with Crippen LogP contribution in [0.4, 0.5) is 0 Å². The van der Waals surface area contributed by atoms with E-state index >= 15 is 0 Å². The zero-order chi connectivity index (χ0) is 14.9. The van der Waals surface area contributed by atoms with Crippen LogP contribution in [0, 0.1) is 0 Å². The van der Waals surface area contributed by atoms with Crippen molar-refractivity contribution in [3.8, 4) is 0 Å². The predicted molar refractivity (Wildman–Crippen MR) is 85.8 cm³/mol. The summed E-state index contributed by atoms with van der Waals surface area (Å²) in [6, 6.07) is 8.57. The fraction of sp³-hybridized carbons (Fsp3) is 0.529. The van der Waals surface area contributed by atoms with E-state index in [1.165, 1.54) is 25.7 Å². The van der Waals surface area contributed by atoms with Crippen molar-refractivity contribution >= 4 is 16.8 Å². The molecule has 5 nitrogen and oxygen atoms in total. The molecule has 1 N–H and O–H groups in total. The summed E-state index contributed by atoms with van der Waals surface area (Å²) in [6.45, 7) is 3.63. The SMILES string of the molecule is O=C(c1n[nH]c2ccccc12)N1CCN(C2CCCC2)CC1. The summed E-state index contributed by atoms with van der Waals surface area (Å²) >= 11 is 0. The molecule has 1 aromatic carbocycles. The highest BCUT2D eigenvalue weighted by atomic mass is 16.2. The Bertz CT molecular complexity index is 666. The van der Waals surface area contributed by atoms with Crippen molar-refractivity contribution in [2.45, 2.75) is 31.7 Å². The van der Waals surface area contributed by atoms with E-state index in [2.05, 4.69) is 15.1 Å². The van der Waals surface area contributed by atoms with E-state index in [9.17, 15) is 4.79 Å². The van der Waals surface area contributed by atoms with Gasteiger partial charge in [0.1, 0.15) is 0 Å². The molecule has 0 atom stereocenters. The number of benzene rings is 1. The van der Waals surface area contributed by atoms with Crippen LogP contribution in [0.15, 0.2) is 24.3 Å². The topological polar surface area (TPSA) is 52.2 Å². The van der Waals surface area contributed by atoms with Crippen LogP contribution in [-0.4, -0.2) is 58.1 Å². The number of hydrogen-bond donors (Lipinski definition) is 1. The van der Waals surface area contributed by atoms with Crippen molar-refractivity contribution in [2.75, 3.05) is 26.2 Å². The first kappa shape index (κ1) is 13.8. The number of rotatable bonds is 2. The zero-order valence-corrected chi connectivity index (χ0v) is 12.8. The highest BCUT2D eigenvalue weighted by Crippen LogP contribution is 2.25. The Kier molecular flexibility index (Phi) is 3.58. The monoisotopic (exact) mass is 298 g/mol. The second kappa shape index (κ2) is 5.72. The molecule has 0 spiro atoms. The van der Waals surface area contributed by atoms with Gasteiger partial charge in [0.15, 0.2) is 5.69 Å². The minimum Gasteiger partial charge on any atom is -0.335 e. The molecule has 1 saturated heterocycles. The van der Waals surface area contributed by atoms with Crippen LogP contribution in [0.25, 0.3) is 10.9 Å². The van der Waals surface area contributed by atoms with Gasteiger partial charge in [-0.1, -0.05) is 31.0 Å². The summed E-state index contributed by atoms with van der Waals surface area (Å²) in [5.74, 6) is 0.0588. The molecule has 4 rings (SSSR count). The second-order valence-electron chi connectivity index (χ2n) is 6.38. The molecule has 1 aliphatic carbocycles. The van der Waals surface area contributed by atoms with Crippen LogP contribution in [0.3, 0.4) is 0 Å². The summed E-state index contributed by atoms with van der Waals surface area (Å²) < 4.78 is 0. The van der Waals surface area contributed by atoms with E-state index in [1.54, 1.807) is 0 Å². The van der Waals surface area contributed by atoms with Crippen LogP contribution >= 0.6 is 0 Å². The molecule has 1 aromatic heterocycles. The Morgan fingerprint density at radius 1 is 1.09 bits per heavy atom. The van der Waals surface area contributed by atoms with Gasteiger partial charge in [0, 0.05) is 37.6 Å². The Morgan fingerprint density at radius 3 is 2.59 bits per heavy atom. The van der Waals surface area contributed by atoms with Crippen molar-refractivity contribution in [2.24, 2.45) is 0 Å². The van der Waals surface area contributed by atoms with Crippen molar-refractivity contribution < 1.29 is 4.79 Å². The molecular weight excluding hydrogens is 276 g/mol. The lowest BCUT2D eigenvalue weighted by molar-refractivity contribution is 0.0569. The van der Waals surface area contributed by atoms with Crippen LogP contribution in [-0.2, 0) is 0 Å². The molecule has 22 heavy (non-hydrogen) atoms. The third-order valence-corrected chi connectivity index (χ3v) is 5.12. The summed E-state index contributed by atoms with van der Waals surface area (Å²) in [5, 5.41) is 8.11. The molecule has 1 amide bonds. The van der Waals surface area contributed by atoms with Gasteiger partial charge in [-0.05, 0) is 18.9 Å². The summed E-state index contributed by atoms with van der Waals surface area (Å²) in [4.78, 5) is 17.2. The Hall–Kier alpha value is -1.88. The van der Waals surface area contributed by atoms with Gasteiger partial charge in [0.25, 0.3) is 5.91 Å². The fourth-order valence-electron chi connectivity index (χ4n) is 3.84. The number of fused-ring (bicyclic) bond motifs is 1. The highest BCUT2D eigenvalue weighted by Gasteiger charge is 2.29. The number of nitrogens with one attached hydrogen (secondary N) is 1. The smallest absolute Gasteiger partial charge is 0.275 e. The van der Waals surface area contributed by atoms with E-state index in [1.807, 2.05) is 29.2 Å². The Labute approximate surface area is 130 Å². The lowest BCUT2D eigenvalue weighted by Crippen LogP contribution is -2.51. The fourth-order valence-corrected chi connectivity index (χ4v) is 3.84. The van der Waals surface area contributed by atoms with Gasteiger partial charge in [0.2, 0.25) is 0 Å². The minimum atomic E-state index is 0.0588. The van der Waals surface area contributed by atoms with Gasteiger partial charge in [-0.3, -0.25) is 14.8 Å². The molecule has 1 aliphatic heterocycles. The third-order valence-electron chi connectivity index (χ3n) is 5.12. The van der Waals surface area contributed by atoms with Gasteiger partial charge >= 0.3 is 0 Å². The van der Waals surface area contributed by atoms with Crippen molar-refractivity contribution in [1.29, 1.82) is 0 Å². The molecule has 0 unspecified atom stereocenters. The van der Waals surface area contributed by atoms with Crippen LogP contribution in [0.1, 0.15) is 36.2 Å². The average Bonchev–Trinajstić information content (AvgIpc) is 3.24. The van der Waals surface area contributed by atoms with E-state index in [0.717, 1.165) is 43.1 Å². The van der Waals surface area contributed by atoms with Gasteiger partial charge in [-0.25, -0.2) is 0 Å². The van der Waals surface area contributed by atoms with E-state index < -0.39 is 0 Å². The summed E-state index contributed by atoms with van der Waals surface area (Å²) in [5.41, 5.74) is 1.49. The van der Waals surface area contributed by atoms with E-state index in [0.29, 0.717) is 5.69 Å². The van der Waals surface area contributed by atoms with Gasteiger partial charge in [-0.2, -0.15) is 5.10 Å². The molecule has 1 saturated carbocycles. The number of hydrogen-bond acceptors (Lipinski definition) is 3. The highest BCUT2D eigenvalue weighted by molar-refractivity contribution is 6.04. The number of carbonyl (C=O) groups is 1. The minimum absolute atomic E-state index is 0.0588. The van der Waals surface area contributed by atoms with Crippen LogP contribution in [0.2, 0.25) is 0 Å². The van der Waals surface area contributed by atoms with E-state index in [4.69, 9.17) is 0 Å². The Morgan fingerprint density at radius 2 is 1.82 bits per heavy atom. The quantitative estimate of drug-likeness (QED) is 0.925. The zero-order valence-electron chi connectivity index (χ0n) is 12.8. The molecule has 116 valence electrons. The summed E-state index contributed by atoms with van der Waals surface area (Å²) in [6.07, 6.45) is 5.39. The second-order valence-corrected chi connectivity index (χ2v) is 6.38. The number of amides is 1. The average molecular weight is 298 g/mol. The number of aromatic nitrogens is 2. The van der Waals surface area contributed by atoms with Crippen LogP contribution in [0.5, 0.6) is 0 Å². The first-order valence-electron chi connectivity index (χ1n) is 8.29. The van der Waals surface area contributed by atoms with Gasteiger partial charge in [-0.15, -0.1) is 0 Å². The largest absolute Gasteiger partial charge is 0.335 e. The lowest BCUT2D eigenvalue weighted by atomic mass is 10.1. The maximum Gasteiger partial charge on any atom is 0.275 e. The summed E-state index contributed by atoms with van der Waals surface area (Å²) in [7, 11) is 0. The van der Waals surface area contributed by atoms with Crippen molar-refractivity contribution in [3.63, 3.8) is 0 Å². The molecule has 2 heterocycles. The number of carbonyl (C=O) groups excluding carboxylic acids is 1. The number of aromatic amines is 1. The van der Waals surface area contributed by atoms with Gasteiger partial charge < -0.3 is 4.90 Å². The standard InChI is InChI=1S/C17H22N4O/c22-17(16-14-7-3-4-8-15(14)18-19-16)21-11-9-20(10-12-21)13-5-1-2-6-13/h3-4,7-8,13H,1-2,5-6,9-12H2,(H,18,19). The molecule has 2 fully saturated rings. The molecule has 2 aromatic rings. The normalized spacial score (nSPS) is 20.8. The number of para-hydroxylation sites is 1. The molecular formula is C17H22N4O. The van der Waals surface area contributed by atoms with Crippen LogP contribution < -0.4 is 0 Å². The Balaban J connectivity index is 1.45. The molecule has 0 radical (unpaired) electrons. The first-order chi connectivity index (χ1) is 10.8. The predicted octanol–water partition coefficient (Wildman–Crippen LogP) is 2.26. The van der Waals surface area contributed by atoms with Crippen molar-refractivity contribution in [1.82, 2.24) is 20.0 Å². The molecule has 0 bridgehead atoms. The third kappa shape index (κ3) is 2.39. The van der Waals surface area contributed by atoms with Crippen molar-refractivity contribution in [3.05, 3.63) is 30.0 Å². The maximum atomic E-state index is 12.7. The molecule has 2 aliphatic rings. The number of nitrogens with zero attached hydrogens (tertiary/aromatic N) is 3. The van der Waals surface area contributed by atoms with Gasteiger partial charge in [0.05, 0.1) is 5.52 Å². The number of piperazine rings is 1. The maximum absolute atomic E-state index is 12.7. The first-order valence-corrected chi connectivity index (χ1v) is 8.29. The molecule has 5 heteroatoms.